The number of oxazole rings is 1. The minimum absolute atomic E-state index is 0.692. The molecule has 1 atom stereocenters. The number of anilines is 1. The van der Waals surface area contributed by atoms with Crippen molar-refractivity contribution in [2.75, 3.05) is 18.8 Å². The van der Waals surface area contributed by atoms with Crippen LogP contribution in [0.25, 0.3) is 11.1 Å². The number of hydrogen-bond acceptors (Lipinski definition) is 4. The average molecular weight is 259 g/mol. The van der Waals surface area contributed by atoms with Crippen molar-refractivity contribution >= 4 is 16.8 Å². The van der Waals surface area contributed by atoms with E-state index in [1.165, 1.54) is 19.3 Å². The molecule has 1 aromatic heterocycles. The molecule has 0 bridgehead atoms. The molecule has 2 N–H and O–H groups in total. The number of fused-ring (bicyclic) bond motifs is 1. The Hall–Kier alpha value is -1.55. The predicted molar refractivity (Wildman–Crippen MR) is 76.7 cm³/mol. The van der Waals surface area contributed by atoms with Crippen LogP contribution in [0.4, 0.5) is 5.69 Å². The molecule has 1 aromatic carbocycles. The van der Waals surface area contributed by atoms with Crippen LogP contribution in [0, 0.1) is 5.92 Å². The first-order valence-corrected chi connectivity index (χ1v) is 7.08. The number of nitrogens with two attached hydrogens (primary N) is 1. The zero-order valence-electron chi connectivity index (χ0n) is 11.4. The first kappa shape index (κ1) is 12.5. The summed E-state index contributed by atoms with van der Waals surface area (Å²) in [6.07, 6.45) is 3.86. The summed E-state index contributed by atoms with van der Waals surface area (Å²) in [6, 6.07) is 5.69. The van der Waals surface area contributed by atoms with Gasteiger partial charge in [-0.15, -0.1) is 0 Å². The molecular formula is C15H21N3O. The maximum atomic E-state index is 5.91. The highest BCUT2D eigenvalue weighted by atomic mass is 16.3. The zero-order valence-corrected chi connectivity index (χ0v) is 11.4. The van der Waals surface area contributed by atoms with Crippen molar-refractivity contribution in [1.82, 2.24) is 9.88 Å². The van der Waals surface area contributed by atoms with Crippen molar-refractivity contribution in [2.45, 2.75) is 32.7 Å². The number of rotatable bonds is 2. The number of benzene rings is 1. The minimum atomic E-state index is 0.692. The molecular weight excluding hydrogens is 238 g/mol. The highest BCUT2D eigenvalue weighted by Crippen LogP contribution is 2.23. The van der Waals surface area contributed by atoms with Gasteiger partial charge in [0.05, 0.1) is 12.2 Å². The van der Waals surface area contributed by atoms with Gasteiger partial charge in [0, 0.05) is 0 Å². The van der Waals surface area contributed by atoms with Crippen LogP contribution in [0.2, 0.25) is 0 Å². The van der Waals surface area contributed by atoms with Gasteiger partial charge in [0.15, 0.2) is 5.58 Å². The second-order valence-corrected chi connectivity index (χ2v) is 5.61. The summed E-state index contributed by atoms with van der Waals surface area (Å²) in [7, 11) is 0. The van der Waals surface area contributed by atoms with Gasteiger partial charge in [-0.05, 0) is 50.4 Å². The molecule has 0 spiro atoms. The van der Waals surface area contributed by atoms with Gasteiger partial charge in [-0.25, -0.2) is 4.98 Å². The van der Waals surface area contributed by atoms with E-state index in [9.17, 15) is 0 Å². The zero-order chi connectivity index (χ0) is 13.2. The van der Waals surface area contributed by atoms with E-state index in [0.717, 1.165) is 42.5 Å². The molecule has 1 unspecified atom stereocenters. The van der Waals surface area contributed by atoms with E-state index in [1.54, 1.807) is 0 Å². The lowest BCUT2D eigenvalue weighted by Crippen LogP contribution is -2.24. The SMILES string of the molecule is CC1CCCN(Cc2nc3c(N)cccc3o2)CC1. The Kier molecular flexibility index (Phi) is 3.42. The Morgan fingerprint density at radius 3 is 3.11 bits per heavy atom. The molecule has 2 heterocycles. The third-order valence-electron chi connectivity index (χ3n) is 3.96. The van der Waals surface area contributed by atoms with E-state index >= 15 is 0 Å². The Labute approximate surface area is 113 Å². The first-order chi connectivity index (χ1) is 9.22. The van der Waals surface area contributed by atoms with Gasteiger partial charge in [-0.1, -0.05) is 13.0 Å². The van der Waals surface area contributed by atoms with E-state index in [-0.39, 0.29) is 0 Å². The van der Waals surface area contributed by atoms with Crippen LogP contribution in [0.5, 0.6) is 0 Å². The van der Waals surface area contributed by atoms with Crippen LogP contribution in [0.3, 0.4) is 0 Å². The summed E-state index contributed by atoms with van der Waals surface area (Å²) in [4.78, 5) is 6.96. The second-order valence-electron chi connectivity index (χ2n) is 5.61. The van der Waals surface area contributed by atoms with Crippen molar-refractivity contribution in [3.63, 3.8) is 0 Å². The Morgan fingerprint density at radius 1 is 1.37 bits per heavy atom. The fourth-order valence-corrected chi connectivity index (χ4v) is 2.76. The molecule has 3 rings (SSSR count). The lowest BCUT2D eigenvalue weighted by molar-refractivity contribution is 0.248. The molecule has 0 aliphatic carbocycles. The van der Waals surface area contributed by atoms with Gasteiger partial charge in [-0.2, -0.15) is 0 Å². The Bertz CT molecular complexity index is 564. The van der Waals surface area contributed by atoms with Gasteiger partial charge in [-0.3, -0.25) is 4.90 Å². The van der Waals surface area contributed by atoms with Crippen molar-refractivity contribution in [2.24, 2.45) is 5.92 Å². The van der Waals surface area contributed by atoms with Gasteiger partial charge in [0.2, 0.25) is 5.89 Å². The summed E-state index contributed by atoms with van der Waals surface area (Å²) in [5.74, 6) is 1.62. The van der Waals surface area contributed by atoms with Crippen LogP contribution < -0.4 is 5.73 Å². The van der Waals surface area contributed by atoms with Crippen molar-refractivity contribution in [3.8, 4) is 0 Å². The van der Waals surface area contributed by atoms with Crippen LogP contribution in [0.15, 0.2) is 22.6 Å². The van der Waals surface area contributed by atoms with Crippen LogP contribution in [-0.2, 0) is 6.54 Å². The van der Waals surface area contributed by atoms with Gasteiger partial charge >= 0.3 is 0 Å². The summed E-state index contributed by atoms with van der Waals surface area (Å²) in [5.41, 5.74) is 8.18. The molecule has 1 aliphatic rings. The monoisotopic (exact) mass is 259 g/mol. The summed E-state index contributed by atoms with van der Waals surface area (Å²) in [5, 5.41) is 0. The Morgan fingerprint density at radius 2 is 2.26 bits per heavy atom. The van der Waals surface area contributed by atoms with Crippen LogP contribution >= 0.6 is 0 Å². The van der Waals surface area contributed by atoms with E-state index in [0.29, 0.717) is 5.69 Å². The van der Waals surface area contributed by atoms with E-state index in [4.69, 9.17) is 10.2 Å². The molecule has 1 saturated heterocycles. The number of likely N-dealkylation sites (tertiary alicyclic amines) is 1. The molecule has 0 radical (unpaired) electrons. The molecule has 1 fully saturated rings. The molecule has 102 valence electrons. The average Bonchev–Trinajstić information content (AvgIpc) is 2.69. The number of nitrogen functional groups attached to an aromatic ring is 1. The third-order valence-corrected chi connectivity index (χ3v) is 3.96. The maximum absolute atomic E-state index is 5.91. The highest BCUT2D eigenvalue weighted by molar-refractivity contribution is 5.85. The van der Waals surface area contributed by atoms with E-state index < -0.39 is 0 Å². The van der Waals surface area contributed by atoms with Gasteiger partial charge in [0.1, 0.15) is 5.52 Å². The molecule has 0 saturated carbocycles. The standard InChI is InChI=1S/C15H21N3O/c1-11-4-3-8-18(9-7-11)10-14-17-15-12(16)5-2-6-13(15)19-14/h2,5-6,11H,3-4,7-10,16H2,1H3. The number of para-hydroxylation sites is 1. The number of hydrogen-bond donors (Lipinski definition) is 1. The van der Waals surface area contributed by atoms with Gasteiger partial charge < -0.3 is 10.2 Å². The molecule has 4 nitrogen and oxygen atoms in total. The van der Waals surface area contributed by atoms with Gasteiger partial charge in [0.25, 0.3) is 0 Å². The minimum Gasteiger partial charge on any atom is -0.439 e. The largest absolute Gasteiger partial charge is 0.439 e. The van der Waals surface area contributed by atoms with E-state index in [1.807, 2.05) is 18.2 Å². The third kappa shape index (κ3) is 2.73. The Balaban J connectivity index is 1.76. The smallest absolute Gasteiger partial charge is 0.209 e. The fourth-order valence-electron chi connectivity index (χ4n) is 2.76. The molecule has 19 heavy (non-hydrogen) atoms. The number of aromatic nitrogens is 1. The predicted octanol–water partition coefficient (Wildman–Crippen LogP) is 3.03. The topological polar surface area (TPSA) is 55.3 Å². The summed E-state index contributed by atoms with van der Waals surface area (Å²) < 4.78 is 5.79. The first-order valence-electron chi connectivity index (χ1n) is 7.08. The van der Waals surface area contributed by atoms with Crippen LogP contribution in [0.1, 0.15) is 32.1 Å². The van der Waals surface area contributed by atoms with Crippen molar-refractivity contribution < 1.29 is 4.42 Å². The van der Waals surface area contributed by atoms with Crippen molar-refractivity contribution in [3.05, 3.63) is 24.1 Å². The summed E-state index contributed by atoms with van der Waals surface area (Å²) >= 11 is 0. The maximum Gasteiger partial charge on any atom is 0.209 e. The quantitative estimate of drug-likeness (QED) is 0.842. The fraction of sp³-hybridized carbons (Fsp3) is 0.533. The number of nitrogens with zero attached hydrogens (tertiary/aromatic N) is 2. The van der Waals surface area contributed by atoms with Crippen molar-refractivity contribution in [1.29, 1.82) is 0 Å². The molecule has 4 heteroatoms. The normalized spacial score (nSPS) is 21.6. The lowest BCUT2D eigenvalue weighted by Gasteiger charge is -2.17. The molecule has 1 aliphatic heterocycles. The highest BCUT2D eigenvalue weighted by Gasteiger charge is 2.16. The second kappa shape index (κ2) is 5.21. The molecule has 0 amide bonds. The lowest BCUT2D eigenvalue weighted by atomic mass is 10.0. The van der Waals surface area contributed by atoms with E-state index in [2.05, 4.69) is 16.8 Å². The molecule has 2 aromatic rings. The van der Waals surface area contributed by atoms with Crippen LogP contribution in [-0.4, -0.2) is 23.0 Å². The summed E-state index contributed by atoms with van der Waals surface area (Å²) in [6.45, 7) is 5.40.